The number of amides is 2. The predicted molar refractivity (Wildman–Crippen MR) is 86.9 cm³/mol. The number of alkyl halides is 3. The largest absolute Gasteiger partial charge is 0.417 e. The highest BCUT2D eigenvalue weighted by Gasteiger charge is 2.71. The summed E-state index contributed by atoms with van der Waals surface area (Å²) < 4.78 is 45.8. The fourth-order valence-corrected chi connectivity index (χ4v) is 4.86. The summed E-state index contributed by atoms with van der Waals surface area (Å²) in [6.45, 7) is 3.20. The first-order chi connectivity index (χ1) is 12.9. The van der Waals surface area contributed by atoms with Gasteiger partial charge in [-0.05, 0) is 32.0 Å². The van der Waals surface area contributed by atoms with Crippen molar-refractivity contribution in [2.24, 2.45) is 11.8 Å². The second-order valence-corrected chi connectivity index (χ2v) is 7.86. The molecule has 7 nitrogen and oxygen atoms in total. The quantitative estimate of drug-likeness (QED) is 0.731. The second kappa shape index (κ2) is 5.53. The molecule has 0 unspecified atom stereocenters. The van der Waals surface area contributed by atoms with Crippen LogP contribution in [0.3, 0.4) is 0 Å². The fourth-order valence-electron chi connectivity index (χ4n) is 4.86. The van der Waals surface area contributed by atoms with Crippen LogP contribution in [-0.2, 0) is 20.5 Å². The number of fused-ring (bicyclic) bond motifs is 5. The number of imide groups is 1. The van der Waals surface area contributed by atoms with E-state index in [0.717, 1.165) is 22.1 Å². The van der Waals surface area contributed by atoms with Crippen LogP contribution in [0.2, 0.25) is 0 Å². The van der Waals surface area contributed by atoms with Gasteiger partial charge in [-0.25, -0.2) is 4.90 Å². The van der Waals surface area contributed by atoms with E-state index in [1.54, 1.807) is 13.8 Å². The Balaban J connectivity index is 1.80. The number of carbonyl (C=O) groups excluding carboxylic acids is 2. The van der Waals surface area contributed by atoms with E-state index in [4.69, 9.17) is 10.00 Å². The molecule has 4 atom stereocenters. The zero-order chi connectivity index (χ0) is 20.6. The SMILES string of the molecule is C[C@]12CN(O)C[C@](C)(O1)[C@@H]1C(=O)N(c3ccc(C#N)c(C(F)(F)F)c3)C(=O)[C@@H]12. The molecule has 1 aromatic rings. The van der Waals surface area contributed by atoms with E-state index >= 15 is 0 Å². The van der Waals surface area contributed by atoms with Gasteiger partial charge in [0.05, 0.1) is 59.0 Å². The molecule has 148 valence electrons. The number of ether oxygens (including phenoxy) is 1. The number of halogens is 3. The maximum atomic E-state index is 13.3. The number of nitriles is 1. The number of benzene rings is 1. The first-order valence-electron chi connectivity index (χ1n) is 8.54. The molecular weight excluding hydrogens is 379 g/mol. The molecule has 3 fully saturated rings. The van der Waals surface area contributed by atoms with Crippen LogP contribution in [0.15, 0.2) is 18.2 Å². The van der Waals surface area contributed by atoms with Gasteiger partial charge < -0.3 is 9.94 Å². The summed E-state index contributed by atoms with van der Waals surface area (Å²) >= 11 is 0. The average Bonchev–Trinajstić information content (AvgIpc) is 2.93. The molecule has 2 bridgehead atoms. The summed E-state index contributed by atoms with van der Waals surface area (Å²) in [5, 5.41) is 19.9. The van der Waals surface area contributed by atoms with Crippen molar-refractivity contribution >= 4 is 17.5 Å². The van der Waals surface area contributed by atoms with Crippen LogP contribution in [0, 0.1) is 23.2 Å². The number of nitrogens with zero attached hydrogens (tertiary/aromatic N) is 3. The van der Waals surface area contributed by atoms with Crippen LogP contribution in [0.25, 0.3) is 0 Å². The summed E-state index contributed by atoms with van der Waals surface area (Å²) in [5.74, 6) is -3.19. The molecule has 3 saturated heterocycles. The van der Waals surface area contributed by atoms with Gasteiger partial charge in [-0.3, -0.25) is 9.59 Å². The molecule has 3 aliphatic heterocycles. The van der Waals surface area contributed by atoms with Crippen molar-refractivity contribution in [3.63, 3.8) is 0 Å². The van der Waals surface area contributed by atoms with Crippen molar-refractivity contribution in [2.75, 3.05) is 18.0 Å². The molecule has 4 rings (SSSR count). The first kappa shape index (κ1) is 18.9. The van der Waals surface area contributed by atoms with Gasteiger partial charge in [0, 0.05) is 0 Å². The molecule has 3 aliphatic rings. The minimum absolute atomic E-state index is 0.00219. The zero-order valence-electron chi connectivity index (χ0n) is 14.9. The predicted octanol–water partition coefficient (Wildman–Crippen LogP) is 1.94. The Morgan fingerprint density at radius 2 is 1.71 bits per heavy atom. The topological polar surface area (TPSA) is 93.9 Å². The lowest BCUT2D eigenvalue weighted by Crippen LogP contribution is -2.57. The Morgan fingerprint density at radius 1 is 1.18 bits per heavy atom. The number of hydroxylamine groups is 2. The lowest BCUT2D eigenvalue weighted by molar-refractivity contribution is -0.242. The van der Waals surface area contributed by atoms with Gasteiger partial charge in [-0.1, -0.05) is 0 Å². The maximum Gasteiger partial charge on any atom is 0.417 e. The van der Waals surface area contributed by atoms with Gasteiger partial charge >= 0.3 is 6.18 Å². The highest BCUT2D eigenvalue weighted by atomic mass is 19.4. The average molecular weight is 395 g/mol. The van der Waals surface area contributed by atoms with Gasteiger partial charge in [0.15, 0.2) is 0 Å². The van der Waals surface area contributed by atoms with Crippen LogP contribution in [0.1, 0.15) is 25.0 Å². The Hall–Kier alpha value is -2.48. The maximum absolute atomic E-state index is 13.3. The second-order valence-electron chi connectivity index (χ2n) is 7.86. The molecule has 3 heterocycles. The van der Waals surface area contributed by atoms with Crippen LogP contribution in [0.4, 0.5) is 18.9 Å². The minimum atomic E-state index is -4.81. The first-order valence-corrected chi connectivity index (χ1v) is 8.54. The summed E-state index contributed by atoms with van der Waals surface area (Å²) in [6.07, 6.45) is -4.81. The third kappa shape index (κ3) is 2.40. The summed E-state index contributed by atoms with van der Waals surface area (Å²) in [4.78, 5) is 26.9. The fraction of sp³-hybridized carbons (Fsp3) is 0.500. The molecule has 0 saturated carbocycles. The zero-order valence-corrected chi connectivity index (χ0v) is 14.9. The van der Waals surface area contributed by atoms with E-state index in [1.165, 1.54) is 6.07 Å². The number of morpholine rings is 1. The Kier molecular flexibility index (Phi) is 3.73. The monoisotopic (exact) mass is 395 g/mol. The van der Waals surface area contributed by atoms with E-state index in [2.05, 4.69) is 0 Å². The molecule has 0 radical (unpaired) electrons. The highest BCUT2D eigenvalue weighted by molar-refractivity contribution is 6.23. The summed E-state index contributed by atoms with van der Waals surface area (Å²) in [7, 11) is 0. The van der Waals surface area contributed by atoms with E-state index in [-0.39, 0.29) is 18.8 Å². The molecule has 1 N–H and O–H groups in total. The van der Waals surface area contributed by atoms with Crippen LogP contribution < -0.4 is 4.90 Å². The van der Waals surface area contributed by atoms with Crippen molar-refractivity contribution < 1.29 is 32.7 Å². The Bertz CT molecular complexity index is 907. The third-order valence-electron chi connectivity index (χ3n) is 5.77. The molecule has 1 aromatic carbocycles. The third-order valence-corrected chi connectivity index (χ3v) is 5.77. The number of carbonyl (C=O) groups is 2. The Morgan fingerprint density at radius 3 is 2.18 bits per heavy atom. The number of anilines is 1. The molecule has 28 heavy (non-hydrogen) atoms. The lowest BCUT2D eigenvalue weighted by atomic mass is 9.79. The lowest BCUT2D eigenvalue weighted by Gasteiger charge is -2.42. The molecule has 10 heteroatoms. The van der Waals surface area contributed by atoms with Crippen molar-refractivity contribution in [1.82, 2.24) is 5.06 Å². The van der Waals surface area contributed by atoms with Gasteiger partial charge in [-0.15, -0.1) is 0 Å². The molecular formula is C18H16F3N3O4. The molecule has 0 aliphatic carbocycles. The molecule has 0 aromatic heterocycles. The highest BCUT2D eigenvalue weighted by Crippen LogP contribution is 2.55. The van der Waals surface area contributed by atoms with Gasteiger partial charge in [-0.2, -0.15) is 23.5 Å². The standard InChI is InChI=1S/C18H16F3N3O4/c1-16-7-23(27)8-17(2,28-16)13-12(16)14(25)24(15(13)26)10-4-3-9(6-22)11(5-10)18(19,20)21/h3-5,12-13,27H,7-8H2,1-2H3/t12-,13+,16-,17+. The van der Waals surface area contributed by atoms with E-state index in [1.807, 2.05) is 0 Å². The Labute approximate surface area is 157 Å². The van der Waals surface area contributed by atoms with Gasteiger partial charge in [0.2, 0.25) is 11.8 Å². The van der Waals surface area contributed by atoms with Crippen molar-refractivity contribution in [1.29, 1.82) is 5.26 Å². The van der Waals surface area contributed by atoms with E-state index in [9.17, 15) is 28.0 Å². The van der Waals surface area contributed by atoms with Crippen LogP contribution >= 0.6 is 0 Å². The van der Waals surface area contributed by atoms with E-state index in [0.29, 0.717) is 6.07 Å². The van der Waals surface area contributed by atoms with Crippen molar-refractivity contribution in [3.8, 4) is 6.07 Å². The summed E-state index contributed by atoms with van der Waals surface area (Å²) in [5.41, 5.74) is -4.33. The van der Waals surface area contributed by atoms with Crippen LogP contribution in [0.5, 0.6) is 0 Å². The van der Waals surface area contributed by atoms with Gasteiger partial charge in [0.25, 0.3) is 0 Å². The number of rotatable bonds is 1. The van der Waals surface area contributed by atoms with Crippen molar-refractivity contribution in [3.05, 3.63) is 29.3 Å². The van der Waals surface area contributed by atoms with Crippen molar-refractivity contribution in [2.45, 2.75) is 31.2 Å². The normalized spacial score (nSPS) is 35.2. The molecule has 0 spiro atoms. The van der Waals surface area contributed by atoms with E-state index < -0.39 is 52.2 Å². The minimum Gasteiger partial charge on any atom is -0.365 e. The van der Waals surface area contributed by atoms with Gasteiger partial charge in [0.1, 0.15) is 0 Å². The number of hydrogen-bond acceptors (Lipinski definition) is 6. The number of hydrogen-bond donors (Lipinski definition) is 1. The summed E-state index contributed by atoms with van der Waals surface area (Å²) in [6, 6.07) is 4.22. The van der Waals surface area contributed by atoms with Crippen LogP contribution in [-0.4, -0.2) is 46.4 Å². The molecule has 2 amide bonds. The smallest absolute Gasteiger partial charge is 0.365 e.